The molecule has 3 N–H and O–H groups in total. The van der Waals surface area contributed by atoms with E-state index in [1.54, 1.807) is 12.1 Å². The number of amides is 1. The molecule has 1 unspecified atom stereocenters. The van der Waals surface area contributed by atoms with Crippen LogP contribution in [0.25, 0.3) is 0 Å². The Morgan fingerprint density at radius 2 is 1.94 bits per heavy atom. The lowest BCUT2D eigenvalue weighted by molar-refractivity contribution is -0.139. The summed E-state index contributed by atoms with van der Waals surface area (Å²) < 4.78 is 0. The first kappa shape index (κ1) is 13.2. The Labute approximate surface area is 99.8 Å². The molecule has 92 valence electrons. The Morgan fingerprint density at radius 1 is 1.29 bits per heavy atom. The minimum absolute atomic E-state index is 0.138. The largest absolute Gasteiger partial charge is 0.480 e. The number of carboxylic acid groups (broad SMARTS) is 1. The molecule has 0 aliphatic rings. The van der Waals surface area contributed by atoms with Crippen molar-refractivity contribution in [3.8, 4) is 0 Å². The normalized spacial score (nSPS) is 11.8. The van der Waals surface area contributed by atoms with Crippen LogP contribution >= 0.6 is 0 Å². The highest BCUT2D eigenvalue weighted by atomic mass is 16.4. The monoisotopic (exact) mass is 236 g/mol. The molecule has 0 spiro atoms. The Morgan fingerprint density at radius 3 is 2.53 bits per heavy atom. The second-order valence-electron chi connectivity index (χ2n) is 3.68. The van der Waals surface area contributed by atoms with Crippen molar-refractivity contribution in [3.05, 3.63) is 30.3 Å². The highest BCUT2D eigenvalue weighted by Crippen LogP contribution is 2.04. The molecule has 0 aliphatic carbocycles. The Hall–Kier alpha value is -1.88. The van der Waals surface area contributed by atoms with Crippen LogP contribution in [0.3, 0.4) is 0 Å². The van der Waals surface area contributed by atoms with Gasteiger partial charge in [0.1, 0.15) is 6.04 Å². The van der Waals surface area contributed by atoms with Gasteiger partial charge < -0.3 is 15.7 Å². The van der Waals surface area contributed by atoms with Gasteiger partial charge in [-0.25, -0.2) is 0 Å². The molecular formula is C12H16N2O3. The molecule has 5 nitrogen and oxygen atoms in total. The first-order chi connectivity index (χ1) is 8.09. The first-order valence-corrected chi connectivity index (χ1v) is 5.40. The molecule has 1 amide bonds. The van der Waals surface area contributed by atoms with E-state index < -0.39 is 12.0 Å². The molecule has 1 rings (SSSR count). The molecule has 1 aromatic carbocycles. The molecule has 5 heteroatoms. The van der Waals surface area contributed by atoms with Crippen LogP contribution in [0.5, 0.6) is 0 Å². The third-order valence-corrected chi connectivity index (χ3v) is 2.23. The van der Waals surface area contributed by atoms with Gasteiger partial charge in [-0.05, 0) is 19.1 Å². The van der Waals surface area contributed by atoms with Crippen molar-refractivity contribution in [1.29, 1.82) is 0 Å². The number of carbonyl (C=O) groups excluding carboxylic acids is 1. The van der Waals surface area contributed by atoms with Gasteiger partial charge in [-0.2, -0.15) is 0 Å². The predicted octanol–water partition coefficient (Wildman–Crippen LogP) is 1.08. The number of carbonyl (C=O) groups is 2. The Bertz CT molecular complexity index is 379. The van der Waals surface area contributed by atoms with Crippen LogP contribution in [-0.2, 0) is 9.59 Å². The quantitative estimate of drug-likeness (QED) is 0.690. The van der Waals surface area contributed by atoms with Gasteiger partial charge in [0.25, 0.3) is 0 Å². The number of hydrogen-bond donors (Lipinski definition) is 3. The predicted molar refractivity (Wildman–Crippen MR) is 64.8 cm³/mol. The van der Waals surface area contributed by atoms with E-state index in [-0.39, 0.29) is 12.3 Å². The fourth-order valence-corrected chi connectivity index (χ4v) is 1.23. The molecule has 0 saturated heterocycles. The second kappa shape index (κ2) is 6.65. The van der Waals surface area contributed by atoms with Crippen LogP contribution < -0.4 is 10.6 Å². The lowest BCUT2D eigenvalue weighted by Crippen LogP contribution is -2.35. The Kier molecular flexibility index (Phi) is 5.16. The molecule has 17 heavy (non-hydrogen) atoms. The molecule has 0 radical (unpaired) electrons. The summed E-state index contributed by atoms with van der Waals surface area (Å²) in [6.45, 7) is 1.88. The van der Waals surface area contributed by atoms with E-state index in [4.69, 9.17) is 5.11 Å². The van der Waals surface area contributed by atoms with Crippen LogP contribution in [-0.4, -0.2) is 29.6 Å². The number of hydrogen-bond acceptors (Lipinski definition) is 3. The van der Waals surface area contributed by atoms with Crippen LogP contribution in [0, 0.1) is 0 Å². The molecule has 0 bridgehead atoms. The number of carboxylic acids is 1. The number of para-hydroxylation sites is 1. The van der Waals surface area contributed by atoms with Crippen molar-refractivity contribution < 1.29 is 14.7 Å². The van der Waals surface area contributed by atoms with Gasteiger partial charge in [-0.15, -0.1) is 0 Å². The van der Waals surface area contributed by atoms with E-state index in [2.05, 4.69) is 10.6 Å². The van der Waals surface area contributed by atoms with Gasteiger partial charge in [0.05, 0.1) is 0 Å². The summed E-state index contributed by atoms with van der Waals surface area (Å²) in [5, 5.41) is 14.1. The third-order valence-electron chi connectivity index (χ3n) is 2.23. The van der Waals surface area contributed by atoms with Gasteiger partial charge in [0.15, 0.2) is 0 Å². The minimum atomic E-state index is -0.923. The van der Waals surface area contributed by atoms with Crippen molar-refractivity contribution in [2.24, 2.45) is 0 Å². The van der Waals surface area contributed by atoms with Crippen molar-refractivity contribution in [3.63, 3.8) is 0 Å². The topological polar surface area (TPSA) is 78.4 Å². The lowest BCUT2D eigenvalue weighted by Gasteiger charge is -2.09. The van der Waals surface area contributed by atoms with Gasteiger partial charge in [0.2, 0.25) is 5.91 Å². The van der Waals surface area contributed by atoms with E-state index in [9.17, 15) is 9.59 Å². The highest BCUT2D eigenvalue weighted by molar-refractivity contribution is 5.90. The van der Waals surface area contributed by atoms with Gasteiger partial charge in [-0.1, -0.05) is 18.2 Å². The van der Waals surface area contributed by atoms with E-state index in [0.717, 1.165) is 5.69 Å². The van der Waals surface area contributed by atoms with E-state index >= 15 is 0 Å². The number of aliphatic carboxylic acids is 1. The van der Waals surface area contributed by atoms with E-state index in [1.807, 2.05) is 18.2 Å². The number of anilines is 1. The van der Waals surface area contributed by atoms with Crippen LogP contribution in [0.2, 0.25) is 0 Å². The van der Waals surface area contributed by atoms with Gasteiger partial charge in [0, 0.05) is 18.7 Å². The standard InChI is InChI=1S/C12H16N2O3/c1-9(12(16)17)13-8-7-11(15)14-10-5-3-2-4-6-10/h2-6,9,13H,7-8H2,1H3,(H,14,15)(H,16,17). The molecule has 0 aliphatic heterocycles. The summed E-state index contributed by atoms with van der Waals surface area (Å²) in [7, 11) is 0. The summed E-state index contributed by atoms with van der Waals surface area (Å²) in [5.41, 5.74) is 0.740. The zero-order chi connectivity index (χ0) is 12.7. The average Bonchev–Trinajstić information content (AvgIpc) is 2.30. The fourth-order valence-electron chi connectivity index (χ4n) is 1.23. The van der Waals surface area contributed by atoms with Crippen LogP contribution in [0.4, 0.5) is 5.69 Å². The zero-order valence-electron chi connectivity index (χ0n) is 9.64. The smallest absolute Gasteiger partial charge is 0.320 e. The summed E-state index contributed by atoms with van der Waals surface area (Å²) in [5.74, 6) is -1.06. The van der Waals surface area contributed by atoms with Crippen molar-refractivity contribution in [2.45, 2.75) is 19.4 Å². The summed E-state index contributed by atoms with van der Waals surface area (Å²) in [6.07, 6.45) is 0.243. The summed E-state index contributed by atoms with van der Waals surface area (Å²) in [6, 6.07) is 8.49. The zero-order valence-corrected chi connectivity index (χ0v) is 9.64. The molecule has 1 aromatic rings. The highest BCUT2D eigenvalue weighted by Gasteiger charge is 2.10. The second-order valence-corrected chi connectivity index (χ2v) is 3.68. The van der Waals surface area contributed by atoms with Crippen molar-refractivity contribution in [1.82, 2.24) is 5.32 Å². The SMILES string of the molecule is CC(NCCC(=O)Nc1ccccc1)C(=O)O. The van der Waals surface area contributed by atoms with Crippen LogP contribution in [0.1, 0.15) is 13.3 Å². The number of rotatable bonds is 6. The van der Waals surface area contributed by atoms with Crippen molar-refractivity contribution >= 4 is 17.6 Å². The van der Waals surface area contributed by atoms with Gasteiger partial charge >= 0.3 is 5.97 Å². The molecular weight excluding hydrogens is 220 g/mol. The molecule has 0 fully saturated rings. The molecule has 0 heterocycles. The number of benzene rings is 1. The summed E-state index contributed by atoms with van der Waals surface area (Å²) in [4.78, 5) is 22.0. The van der Waals surface area contributed by atoms with Gasteiger partial charge in [-0.3, -0.25) is 9.59 Å². The summed E-state index contributed by atoms with van der Waals surface area (Å²) >= 11 is 0. The van der Waals surface area contributed by atoms with E-state index in [0.29, 0.717) is 6.54 Å². The number of nitrogens with one attached hydrogen (secondary N) is 2. The molecule has 0 aromatic heterocycles. The first-order valence-electron chi connectivity index (χ1n) is 5.40. The minimum Gasteiger partial charge on any atom is -0.480 e. The van der Waals surface area contributed by atoms with Crippen LogP contribution in [0.15, 0.2) is 30.3 Å². The maximum absolute atomic E-state index is 11.5. The average molecular weight is 236 g/mol. The van der Waals surface area contributed by atoms with Crippen molar-refractivity contribution in [2.75, 3.05) is 11.9 Å². The molecule has 0 saturated carbocycles. The maximum Gasteiger partial charge on any atom is 0.320 e. The Balaban J connectivity index is 2.25. The van der Waals surface area contributed by atoms with E-state index in [1.165, 1.54) is 6.92 Å². The fraction of sp³-hybridized carbons (Fsp3) is 0.333. The third kappa shape index (κ3) is 5.12. The molecule has 1 atom stereocenters. The lowest BCUT2D eigenvalue weighted by atomic mass is 10.3. The maximum atomic E-state index is 11.5.